The van der Waals surface area contributed by atoms with E-state index in [-0.39, 0.29) is 5.69 Å². The van der Waals surface area contributed by atoms with Crippen molar-refractivity contribution in [3.05, 3.63) is 28.8 Å². The van der Waals surface area contributed by atoms with Gasteiger partial charge >= 0.3 is 0 Å². The van der Waals surface area contributed by atoms with Crippen LogP contribution in [0, 0.1) is 10.1 Å². The average Bonchev–Trinajstić information content (AvgIpc) is 2.45. The second kappa shape index (κ2) is 2.74. The van der Waals surface area contributed by atoms with E-state index in [2.05, 4.69) is 19.4 Å². The number of fused-ring (bicyclic) bond motifs is 1. The van der Waals surface area contributed by atoms with Crippen LogP contribution in [0.1, 0.15) is 0 Å². The van der Waals surface area contributed by atoms with E-state index in [1.807, 2.05) is 0 Å². The lowest BCUT2D eigenvalue weighted by Crippen LogP contribution is -1.85. The summed E-state index contributed by atoms with van der Waals surface area (Å²) in [6, 6.07) is 0. The first-order chi connectivity index (χ1) is 6.20. The molecule has 6 nitrogen and oxygen atoms in total. The molecule has 0 saturated heterocycles. The third-order valence-corrected chi connectivity index (χ3v) is 2.06. The van der Waals surface area contributed by atoms with E-state index >= 15 is 0 Å². The number of nitrogens with zero attached hydrogens (tertiary/aromatic N) is 4. The number of hydrogen-bond acceptors (Lipinski definition) is 4. The van der Waals surface area contributed by atoms with Gasteiger partial charge in [0.1, 0.15) is 11.7 Å². The third-order valence-electron chi connectivity index (χ3n) is 1.67. The van der Waals surface area contributed by atoms with Gasteiger partial charge in [0.25, 0.3) is 5.69 Å². The highest BCUT2D eigenvalue weighted by Crippen LogP contribution is 2.26. The van der Waals surface area contributed by atoms with Crippen LogP contribution in [-0.2, 0) is 0 Å². The quantitative estimate of drug-likeness (QED) is 0.387. The molecule has 0 aliphatic heterocycles. The Hall–Kier alpha value is -1.55. The normalized spacial score (nSPS) is 10.5. The van der Waals surface area contributed by atoms with Crippen molar-refractivity contribution in [3.8, 4) is 0 Å². The van der Waals surface area contributed by atoms with Crippen molar-refractivity contribution < 1.29 is 4.92 Å². The zero-order chi connectivity index (χ0) is 9.42. The minimum atomic E-state index is -0.452. The highest BCUT2D eigenvalue weighted by Gasteiger charge is 2.16. The minimum absolute atomic E-state index is 0.0191. The fourth-order valence-electron chi connectivity index (χ4n) is 1.12. The van der Waals surface area contributed by atoms with E-state index in [9.17, 15) is 10.1 Å². The maximum atomic E-state index is 10.6. The van der Waals surface area contributed by atoms with Crippen molar-refractivity contribution in [1.82, 2.24) is 14.3 Å². The van der Waals surface area contributed by atoms with E-state index < -0.39 is 4.92 Å². The molecule has 2 aromatic rings. The Morgan fingerprint density at radius 3 is 3.08 bits per heavy atom. The molecule has 0 bridgehead atoms. The molecular formula is C6H5N4O2P. The van der Waals surface area contributed by atoms with Crippen LogP contribution in [-0.4, -0.2) is 19.2 Å². The minimum Gasteiger partial charge on any atom is -0.310 e. The van der Waals surface area contributed by atoms with Gasteiger partial charge in [-0.25, -0.2) is 9.97 Å². The smallest absolute Gasteiger partial charge is 0.298 e. The van der Waals surface area contributed by atoms with Crippen LogP contribution in [0.25, 0.3) is 11.0 Å². The van der Waals surface area contributed by atoms with Crippen molar-refractivity contribution in [2.75, 3.05) is 0 Å². The first-order valence-electron chi connectivity index (χ1n) is 3.40. The van der Waals surface area contributed by atoms with Crippen LogP contribution in [0.3, 0.4) is 0 Å². The van der Waals surface area contributed by atoms with Gasteiger partial charge in [0.2, 0.25) is 0 Å². The number of nitro groups is 1. The first kappa shape index (κ1) is 8.07. The molecule has 0 fully saturated rings. The summed E-state index contributed by atoms with van der Waals surface area (Å²) < 4.78 is 1.52. The SMILES string of the molecule is O=[N+]([O-])c1cn(P)c2ncncc12. The van der Waals surface area contributed by atoms with Crippen molar-refractivity contribution in [3.63, 3.8) is 0 Å². The Bertz CT molecular complexity index is 480. The Morgan fingerprint density at radius 2 is 2.38 bits per heavy atom. The summed E-state index contributed by atoms with van der Waals surface area (Å²) in [5, 5.41) is 11.0. The molecule has 0 radical (unpaired) electrons. The predicted octanol–water partition coefficient (Wildman–Crippen LogP) is 0.978. The summed E-state index contributed by atoms with van der Waals surface area (Å²) in [4.78, 5) is 17.7. The van der Waals surface area contributed by atoms with Gasteiger partial charge in [-0.2, -0.15) is 0 Å². The molecule has 13 heavy (non-hydrogen) atoms. The van der Waals surface area contributed by atoms with Crippen molar-refractivity contribution in [2.24, 2.45) is 0 Å². The summed E-state index contributed by atoms with van der Waals surface area (Å²) in [7, 11) is 2.33. The second-order valence-corrected chi connectivity index (χ2v) is 3.00. The molecule has 0 spiro atoms. The van der Waals surface area contributed by atoms with Gasteiger partial charge in [-0.1, -0.05) is 0 Å². The number of hydrogen-bond donors (Lipinski definition) is 0. The van der Waals surface area contributed by atoms with Gasteiger partial charge in [-0.15, -0.1) is 0 Å². The molecule has 0 aromatic carbocycles. The predicted molar refractivity (Wildman–Crippen MR) is 49.3 cm³/mol. The Morgan fingerprint density at radius 1 is 1.62 bits per heavy atom. The molecular weight excluding hydrogens is 191 g/mol. The largest absolute Gasteiger partial charge is 0.310 e. The highest BCUT2D eigenvalue weighted by atomic mass is 31.0. The molecule has 0 N–H and O–H groups in total. The topological polar surface area (TPSA) is 73.8 Å². The lowest BCUT2D eigenvalue weighted by Gasteiger charge is -1.89. The van der Waals surface area contributed by atoms with Crippen LogP contribution in [0.5, 0.6) is 0 Å². The van der Waals surface area contributed by atoms with Gasteiger partial charge in [0.05, 0.1) is 11.1 Å². The molecule has 1 atom stereocenters. The first-order valence-corrected chi connectivity index (χ1v) is 3.92. The van der Waals surface area contributed by atoms with E-state index in [0.29, 0.717) is 11.0 Å². The summed E-state index contributed by atoms with van der Waals surface area (Å²) in [6.45, 7) is 0. The fraction of sp³-hybridized carbons (Fsp3) is 0. The molecule has 1 unspecified atom stereocenters. The van der Waals surface area contributed by atoms with Gasteiger partial charge in [0.15, 0.2) is 5.65 Å². The molecule has 7 heteroatoms. The summed E-state index contributed by atoms with van der Waals surface area (Å²) >= 11 is 0. The van der Waals surface area contributed by atoms with Crippen molar-refractivity contribution in [1.29, 1.82) is 0 Å². The summed E-state index contributed by atoms with van der Waals surface area (Å²) in [5.74, 6) is 0. The van der Waals surface area contributed by atoms with E-state index in [0.717, 1.165) is 0 Å². The van der Waals surface area contributed by atoms with Gasteiger partial charge in [-0.3, -0.25) is 10.1 Å². The zero-order valence-corrected chi connectivity index (χ0v) is 7.57. The summed E-state index contributed by atoms with van der Waals surface area (Å²) in [5.41, 5.74) is 0.553. The molecule has 0 saturated carbocycles. The van der Waals surface area contributed by atoms with Crippen molar-refractivity contribution in [2.45, 2.75) is 0 Å². The van der Waals surface area contributed by atoms with Crippen LogP contribution in [0.15, 0.2) is 18.7 Å². The third kappa shape index (κ3) is 1.15. The standard InChI is InChI=1S/C6H5N4O2P/c11-10(12)5-2-9(13)6-4(5)1-7-3-8-6/h1-3H,13H2. The molecule has 2 rings (SSSR count). The van der Waals surface area contributed by atoms with E-state index in [1.165, 1.54) is 23.1 Å². The van der Waals surface area contributed by atoms with Crippen LogP contribution in [0.2, 0.25) is 0 Å². The van der Waals surface area contributed by atoms with E-state index in [4.69, 9.17) is 0 Å². The average molecular weight is 196 g/mol. The molecule has 66 valence electrons. The number of rotatable bonds is 1. The van der Waals surface area contributed by atoms with Crippen molar-refractivity contribution >= 4 is 26.1 Å². The zero-order valence-electron chi connectivity index (χ0n) is 6.41. The maximum absolute atomic E-state index is 10.6. The second-order valence-electron chi connectivity index (χ2n) is 2.44. The van der Waals surface area contributed by atoms with E-state index in [1.54, 1.807) is 0 Å². The van der Waals surface area contributed by atoms with Gasteiger partial charge in [-0.05, 0) is 9.39 Å². The molecule has 0 amide bonds. The Balaban J connectivity index is 2.85. The maximum Gasteiger partial charge on any atom is 0.298 e. The summed E-state index contributed by atoms with van der Waals surface area (Å²) in [6.07, 6.45) is 4.18. The van der Waals surface area contributed by atoms with Crippen LogP contribution < -0.4 is 0 Å². The van der Waals surface area contributed by atoms with Crippen LogP contribution >= 0.6 is 9.39 Å². The lowest BCUT2D eigenvalue weighted by atomic mass is 10.4. The Labute approximate surface area is 75.0 Å². The van der Waals surface area contributed by atoms with Crippen LogP contribution in [0.4, 0.5) is 5.69 Å². The highest BCUT2D eigenvalue weighted by molar-refractivity contribution is 7.14. The molecule has 2 heterocycles. The Kier molecular flexibility index (Phi) is 1.70. The number of aromatic nitrogens is 3. The molecule has 0 aliphatic rings. The molecule has 2 aromatic heterocycles. The monoisotopic (exact) mass is 196 g/mol. The van der Waals surface area contributed by atoms with Gasteiger partial charge < -0.3 is 4.34 Å². The van der Waals surface area contributed by atoms with Gasteiger partial charge in [0, 0.05) is 6.20 Å². The molecule has 0 aliphatic carbocycles. The fourth-order valence-corrected chi connectivity index (χ4v) is 1.46. The lowest BCUT2D eigenvalue weighted by molar-refractivity contribution is -0.383.